The van der Waals surface area contributed by atoms with Gasteiger partial charge in [-0.2, -0.15) is 0 Å². The molecule has 0 saturated carbocycles. The lowest BCUT2D eigenvalue weighted by Crippen LogP contribution is -2.17. The van der Waals surface area contributed by atoms with Gasteiger partial charge in [-0.05, 0) is 19.4 Å². The van der Waals surface area contributed by atoms with Crippen LogP contribution in [-0.2, 0) is 0 Å². The van der Waals surface area contributed by atoms with Crippen LogP contribution in [0.4, 0.5) is 4.39 Å². The van der Waals surface area contributed by atoms with Crippen molar-refractivity contribution in [2.45, 2.75) is 25.7 Å². The van der Waals surface area contributed by atoms with Crippen molar-refractivity contribution >= 4 is 11.6 Å². The summed E-state index contributed by atoms with van der Waals surface area (Å²) in [5.74, 6) is 0.762. The Morgan fingerprint density at radius 2 is 1.73 bits per heavy atom. The highest BCUT2D eigenvalue weighted by Crippen LogP contribution is 1.99. The van der Waals surface area contributed by atoms with Gasteiger partial charge in [0.05, 0.1) is 0 Å². The van der Waals surface area contributed by atoms with E-state index in [4.69, 9.17) is 11.6 Å². The van der Waals surface area contributed by atoms with Gasteiger partial charge >= 0.3 is 0 Å². The Hall–Kier alpha value is 0.180. The van der Waals surface area contributed by atoms with E-state index in [9.17, 15) is 4.39 Å². The highest BCUT2D eigenvalue weighted by Gasteiger charge is 1.88. The summed E-state index contributed by atoms with van der Waals surface area (Å²) in [5.41, 5.74) is 0. The molecule has 0 radical (unpaired) electrons. The molecule has 1 nitrogen and oxygen atoms in total. The molecule has 0 aromatic rings. The number of hydrogen-bond donors (Lipinski definition) is 1. The minimum Gasteiger partial charge on any atom is -0.314 e. The van der Waals surface area contributed by atoms with Crippen LogP contribution in [0.2, 0.25) is 0 Å². The predicted octanol–water partition coefficient (Wildman–Crippen LogP) is 2.34. The third-order valence-electron chi connectivity index (χ3n) is 1.51. The number of unbranched alkanes of at least 4 members (excludes halogenated alkanes) is 3. The van der Waals surface area contributed by atoms with Crippen LogP contribution in [0.15, 0.2) is 0 Å². The molecular weight excluding hydrogens is 165 g/mol. The fourth-order valence-corrected chi connectivity index (χ4v) is 1.08. The first-order valence-corrected chi connectivity index (χ1v) is 4.78. The fraction of sp³-hybridized carbons (Fsp3) is 1.00. The molecule has 3 heteroatoms. The van der Waals surface area contributed by atoms with Gasteiger partial charge in [-0.3, -0.25) is 0 Å². The Bertz CT molecular complexity index is 63.1. The lowest BCUT2D eigenvalue weighted by Gasteiger charge is -2.00. The van der Waals surface area contributed by atoms with Crippen molar-refractivity contribution in [3.63, 3.8) is 0 Å². The first-order chi connectivity index (χ1) is 5.41. The maximum atomic E-state index is 11.5. The largest absolute Gasteiger partial charge is 0.314 e. The van der Waals surface area contributed by atoms with Crippen LogP contribution in [0.1, 0.15) is 25.7 Å². The minimum atomic E-state index is -0.262. The van der Waals surface area contributed by atoms with E-state index in [1.165, 1.54) is 12.8 Å². The normalized spacial score (nSPS) is 10.4. The molecule has 0 bridgehead atoms. The van der Waals surface area contributed by atoms with Crippen molar-refractivity contribution in [3.05, 3.63) is 0 Å². The molecule has 0 unspecified atom stereocenters. The van der Waals surface area contributed by atoms with Crippen LogP contribution >= 0.6 is 11.6 Å². The summed E-state index contributed by atoms with van der Waals surface area (Å²) in [5, 5.41) is 3.00. The summed E-state index contributed by atoms with van der Waals surface area (Å²) in [7, 11) is 0. The Labute approximate surface area is 73.3 Å². The zero-order valence-electron chi connectivity index (χ0n) is 6.91. The summed E-state index contributed by atoms with van der Waals surface area (Å²) in [6.07, 6.45) is 4.63. The smallest absolute Gasteiger partial charge is 0.102 e. The molecule has 1 N–H and O–H groups in total. The number of alkyl halides is 2. The van der Waals surface area contributed by atoms with Gasteiger partial charge in [0.1, 0.15) is 6.67 Å². The molecule has 0 aromatic heterocycles. The fourth-order valence-electron chi connectivity index (χ4n) is 0.890. The number of rotatable bonds is 8. The molecule has 0 fully saturated rings. The SMILES string of the molecule is FCCNCCCCCCCl. The van der Waals surface area contributed by atoms with Gasteiger partial charge in [0.2, 0.25) is 0 Å². The molecule has 0 aliphatic heterocycles. The maximum absolute atomic E-state index is 11.5. The summed E-state index contributed by atoms with van der Waals surface area (Å²) in [6.45, 7) is 1.17. The van der Waals surface area contributed by atoms with Gasteiger partial charge in [0.15, 0.2) is 0 Å². The third kappa shape index (κ3) is 10.2. The van der Waals surface area contributed by atoms with E-state index in [1.54, 1.807) is 0 Å². The van der Waals surface area contributed by atoms with Gasteiger partial charge in [-0.1, -0.05) is 12.8 Å². The average Bonchev–Trinajstić information content (AvgIpc) is 2.03. The molecule has 0 atom stereocenters. The van der Waals surface area contributed by atoms with Crippen LogP contribution in [-0.4, -0.2) is 25.6 Å². The highest BCUT2D eigenvalue weighted by molar-refractivity contribution is 6.17. The van der Waals surface area contributed by atoms with E-state index >= 15 is 0 Å². The summed E-state index contributed by atoms with van der Waals surface area (Å²) < 4.78 is 11.5. The molecule has 11 heavy (non-hydrogen) atoms. The van der Waals surface area contributed by atoms with Crippen LogP contribution in [0.25, 0.3) is 0 Å². The molecule has 0 spiro atoms. The van der Waals surface area contributed by atoms with Crippen molar-refractivity contribution in [3.8, 4) is 0 Å². The molecule has 0 heterocycles. The van der Waals surface area contributed by atoms with E-state index in [0.717, 1.165) is 25.3 Å². The molecule has 0 aliphatic rings. The molecule has 68 valence electrons. The second kappa shape index (κ2) is 10.2. The lowest BCUT2D eigenvalue weighted by atomic mass is 10.2. The van der Waals surface area contributed by atoms with Gasteiger partial charge < -0.3 is 5.32 Å². The lowest BCUT2D eigenvalue weighted by molar-refractivity contribution is 0.462. The molecule has 0 saturated heterocycles. The zero-order chi connectivity index (χ0) is 8.36. The Morgan fingerprint density at radius 3 is 2.36 bits per heavy atom. The van der Waals surface area contributed by atoms with E-state index in [0.29, 0.717) is 6.54 Å². The highest BCUT2D eigenvalue weighted by atomic mass is 35.5. The van der Waals surface area contributed by atoms with Gasteiger partial charge in [0.25, 0.3) is 0 Å². The molecule has 0 amide bonds. The van der Waals surface area contributed by atoms with Crippen molar-refractivity contribution in [1.29, 1.82) is 0 Å². The standard InChI is InChI=1S/C8H17ClFN/c9-5-3-1-2-4-7-11-8-6-10/h11H,1-8H2. The van der Waals surface area contributed by atoms with E-state index in [2.05, 4.69) is 5.32 Å². The van der Waals surface area contributed by atoms with Crippen molar-refractivity contribution in [1.82, 2.24) is 5.32 Å². The number of halogens is 2. The third-order valence-corrected chi connectivity index (χ3v) is 1.78. The van der Waals surface area contributed by atoms with Gasteiger partial charge in [-0.15, -0.1) is 11.6 Å². The first kappa shape index (κ1) is 11.2. The van der Waals surface area contributed by atoms with Crippen molar-refractivity contribution < 1.29 is 4.39 Å². The summed E-state index contributed by atoms with van der Waals surface area (Å²) in [6, 6.07) is 0. The molecule has 0 aromatic carbocycles. The van der Waals surface area contributed by atoms with Crippen LogP contribution in [0, 0.1) is 0 Å². The van der Waals surface area contributed by atoms with E-state index in [1.807, 2.05) is 0 Å². The topological polar surface area (TPSA) is 12.0 Å². The summed E-state index contributed by atoms with van der Waals surface area (Å²) >= 11 is 5.50. The Balaban J connectivity index is 2.69. The quantitative estimate of drug-likeness (QED) is 0.448. The second-order valence-corrected chi connectivity index (χ2v) is 2.92. The number of hydrogen-bond acceptors (Lipinski definition) is 1. The number of nitrogens with one attached hydrogen (secondary N) is 1. The van der Waals surface area contributed by atoms with Crippen molar-refractivity contribution in [2.75, 3.05) is 25.6 Å². The first-order valence-electron chi connectivity index (χ1n) is 4.24. The molecule has 0 aliphatic carbocycles. The van der Waals surface area contributed by atoms with Crippen LogP contribution in [0.3, 0.4) is 0 Å². The average molecular weight is 182 g/mol. The monoisotopic (exact) mass is 181 g/mol. The van der Waals surface area contributed by atoms with E-state index in [-0.39, 0.29) is 6.67 Å². The van der Waals surface area contributed by atoms with E-state index < -0.39 is 0 Å². The minimum absolute atomic E-state index is 0.262. The predicted molar refractivity (Wildman–Crippen MR) is 48.0 cm³/mol. The van der Waals surface area contributed by atoms with Crippen LogP contribution in [0.5, 0.6) is 0 Å². The van der Waals surface area contributed by atoms with Crippen molar-refractivity contribution in [2.24, 2.45) is 0 Å². The molecule has 0 rings (SSSR count). The van der Waals surface area contributed by atoms with Gasteiger partial charge in [0, 0.05) is 12.4 Å². The Kier molecular flexibility index (Phi) is 10.3. The Morgan fingerprint density at radius 1 is 1.00 bits per heavy atom. The van der Waals surface area contributed by atoms with Crippen LogP contribution < -0.4 is 5.32 Å². The maximum Gasteiger partial charge on any atom is 0.102 e. The molecular formula is C8H17ClFN. The zero-order valence-corrected chi connectivity index (χ0v) is 7.67. The van der Waals surface area contributed by atoms with Gasteiger partial charge in [-0.25, -0.2) is 4.39 Å². The summed E-state index contributed by atoms with van der Waals surface area (Å²) in [4.78, 5) is 0. The second-order valence-electron chi connectivity index (χ2n) is 2.54.